The topological polar surface area (TPSA) is 78.8 Å². The van der Waals surface area contributed by atoms with Crippen molar-refractivity contribution in [2.24, 2.45) is 0 Å². The predicted molar refractivity (Wildman–Crippen MR) is 55.1 cm³/mol. The molecule has 6 nitrogen and oxygen atoms in total. The predicted octanol–water partition coefficient (Wildman–Crippen LogP) is 0.907. The van der Waals surface area contributed by atoms with Crippen LogP contribution >= 0.6 is 11.6 Å². The monoisotopic (exact) mass is 225 g/mol. The van der Waals surface area contributed by atoms with Crippen molar-refractivity contribution < 1.29 is 4.74 Å². The van der Waals surface area contributed by atoms with E-state index in [0.717, 1.165) is 0 Å². The maximum Gasteiger partial charge on any atom is 0.253 e. The highest BCUT2D eigenvalue weighted by atomic mass is 35.5. The fraction of sp³-hybridized carbons (Fsp3) is 0.125. The largest absolute Gasteiger partial charge is 0.479 e. The lowest BCUT2D eigenvalue weighted by atomic mass is 10.4. The second-order valence-corrected chi connectivity index (χ2v) is 3.16. The van der Waals surface area contributed by atoms with E-state index in [0.29, 0.717) is 22.4 Å². The second kappa shape index (κ2) is 3.74. The third kappa shape index (κ3) is 1.84. The highest BCUT2D eigenvalue weighted by Crippen LogP contribution is 2.19. The van der Waals surface area contributed by atoms with E-state index in [9.17, 15) is 0 Å². The third-order valence-electron chi connectivity index (χ3n) is 1.71. The number of ether oxygens (including phenoxy) is 1. The van der Waals surface area contributed by atoms with Crippen LogP contribution in [0.1, 0.15) is 0 Å². The van der Waals surface area contributed by atoms with Crippen LogP contribution in [0.25, 0.3) is 5.82 Å². The van der Waals surface area contributed by atoms with Gasteiger partial charge in [-0.1, -0.05) is 11.6 Å². The molecule has 2 aromatic heterocycles. The summed E-state index contributed by atoms with van der Waals surface area (Å²) in [6, 6.07) is 1.58. The zero-order valence-electron chi connectivity index (χ0n) is 7.88. The van der Waals surface area contributed by atoms with Crippen LogP contribution in [0.15, 0.2) is 18.5 Å². The molecular weight excluding hydrogens is 218 g/mol. The van der Waals surface area contributed by atoms with Crippen molar-refractivity contribution in [3.63, 3.8) is 0 Å². The fourth-order valence-corrected chi connectivity index (χ4v) is 1.29. The Kier molecular flexibility index (Phi) is 2.42. The molecule has 2 heterocycles. The van der Waals surface area contributed by atoms with Crippen LogP contribution in [0.4, 0.5) is 5.69 Å². The number of halogens is 1. The van der Waals surface area contributed by atoms with Gasteiger partial charge in [-0.3, -0.25) is 0 Å². The van der Waals surface area contributed by atoms with Gasteiger partial charge in [-0.25, -0.2) is 4.98 Å². The molecular formula is C8H8ClN5O. The van der Waals surface area contributed by atoms with Crippen LogP contribution in [0.2, 0.25) is 5.02 Å². The van der Waals surface area contributed by atoms with Crippen molar-refractivity contribution in [2.75, 3.05) is 12.8 Å². The van der Waals surface area contributed by atoms with Gasteiger partial charge in [0.2, 0.25) is 0 Å². The van der Waals surface area contributed by atoms with Crippen molar-refractivity contribution in [1.29, 1.82) is 0 Å². The minimum Gasteiger partial charge on any atom is -0.479 e. The summed E-state index contributed by atoms with van der Waals surface area (Å²) in [5.41, 5.74) is 6.00. The van der Waals surface area contributed by atoms with E-state index in [4.69, 9.17) is 22.1 Å². The average Bonchev–Trinajstić information content (AvgIpc) is 2.66. The van der Waals surface area contributed by atoms with E-state index in [1.165, 1.54) is 24.3 Å². The molecule has 2 rings (SSSR count). The normalized spacial score (nSPS) is 10.3. The first-order valence-electron chi connectivity index (χ1n) is 4.08. The molecule has 78 valence electrons. The van der Waals surface area contributed by atoms with Gasteiger partial charge in [-0.2, -0.15) is 5.10 Å². The van der Waals surface area contributed by atoms with Gasteiger partial charge in [0.15, 0.2) is 5.82 Å². The van der Waals surface area contributed by atoms with Gasteiger partial charge >= 0.3 is 0 Å². The molecule has 0 unspecified atom stereocenters. The molecule has 0 aliphatic heterocycles. The molecule has 0 spiro atoms. The molecule has 0 amide bonds. The Morgan fingerprint density at radius 1 is 1.47 bits per heavy atom. The quantitative estimate of drug-likeness (QED) is 0.822. The zero-order valence-corrected chi connectivity index (χ0v) is 8.64. The number of aromatic nitrogens is 4. The minimum absolute atomic E-state index is 0.383. The van der Waals surface area contributed by atoms with Gasteiger partial charge in [-0.05, 0) is 6.07 Å². The van der Waals surface area contributed by atoms with Crippen molar-refractivity contribution in [2.45, 2.75) is 0 Å². The molecule has 0 aliphatic carbocycles. The van der Waals surface area contributed by atoms with Gasteiger partial charge in [0.05, 0.1) is 24.0 Å². The van der Waals surface area contributed by atoms with E-state index < -0.39 is 0 Å². The Morgan fingerprint density at radius 2 is 2.27 bits per heavy atom. The number of nitrogen functional groups attached to an aromatic ring is 1. The molecule has 0 fully saturated rings. The number of hydrogen-bond acceptors (Lipinski definition) is 5. The molecule has 0 atom stereocenters. The first kappa shape index (κ1) is 9.72. The van der Waals surface area contributed by atoms with Gasteiger partial charge < -0.3 is 10.5 Å². The van der Waals surface area contributed by atoms with Gasteiger partial charge in [0.25, 0.3) is 5.88 Å². The van der Waals surface area contributed by atoms with Crippen LogP contribution in [0.5, 0.6) is 5.88 Å². The average molecular weight is 226 g/mol. The summed E-state index contributed by atoms with van der Waals surface area (Å²) >= 11 is 5.93. The molecule has 2 aromatic rings. The Bertz CT molecular complexity index is 484. The number of pyridine rings is 1. The molecule has 0 bridgehead atoms. The number of methoxy groups -OCH3 is 1. The summed E-state index contributed by atoms with van der Waals surface area (Å²) in [5.74, 6) is 0.804. The molecule has 0 saturated carbocycles. The highest BCUT2D eigenvalue weighted by molar-refractivity contribution is 6.32. The standard InChI is InChI=1S/C8H8ClN5O/c1-15-7-4-12-14(13-7)8-6(9)2-5(10)3-11-8/h2-4H,10H2,1H3. The minimum atomic E-state index is 0.383. The van der Waals surface area contributed by atoms with Crippen LogP contribution < -0.4 is 10.5 Å². The highest BCUT2D eigenvalue weighted by Gasteiger charge is 2.08. The first-order chi connectivity index (χ1) is 7.20. The summed E-state index contributed by atoms with van der Waals surface area (Å²) in [6.07, 6.45) is 2.95. The second-order valence-electron chi connectivity index (χ2n) is 2.75. The molecule has 0 aromatic carbocycles. The third-order valence-corrected chi connectivity index (χ3v) is 1.99. The van der Waals surface area contributed by atoms with Crippen molar-refractivity contribution >= 4 is 17.3 Å². The Balaban J connectivity index is 2.44. The number of anilines is 1. The number of hydrogen-bond donors (Lipinski definition) is 1. The Labute approximate surface area is 90.6 Å². The maximum atomic E-state index is 5.93. The lowest BCUT2D eigenvalue weighted by molar-refractivity contribution is 0.394. The van der Waals surface area contributed by atoms with Crippen LogP contribution in [0.3, 0.4) is 0 Å². The number of nitrogens with two attached hydrogens (primary N) is 1. The zero-order chi connectivity index (χ0) is 10.8. The van der Waals surface area contributed by atoms with Crippen LogP contribution in [-0.4, -0.2) is 27.1 Å². The van der Waals surface area contributed by atoms with Gasteiger partial charge in [-0.15, -0.1) is 9.90 Å². The smallest absolute Gasteiger partial charge is 0.253 e. The van der Waals surface area contributed by atoms with Crippen molar-refractivity contribution in [1.82, 2.24) is 20.0 Å². The number of nitrogens with zero attached hydrogens (tertiary/aromatic N) is 4. The summed E-state index contributed by atoms with van der Waals surface area (Å²) < 4.78 is 4.89. The Hall–Kier alpha value is -1.82. The molecule has 0 radical (unpaired) electrons. The van der Waals surface area contributed by atoms with Crippen LogP contribution in [-0.2, 0) is 0 Å². The SMILES string of the molecule is COc1cnn(-c2ncc(N)cc2Cl)n1. The van der Waals surface area contributed by atoms with E-state index >= 15 is 0 Å². The fourth-order valence-electron chi connectivity index (χ4n) is 1.04. The van der Waals surface area contributed by atoms with E-state index in [2.05, 4.69) is 15.2 Å². The Morgan fingerprint density at radius 3 is 2.87 bits per heavy atom. The first-order valence-corrected chi connectivity index (χ1v) is 4.46. The summed E-state index contributed by atoms with van der Waals surface area (Å²) in [6.45, 7) is 0. The van der Waals surface area contributed by atoms with Gasteiger partial charge in [0.1, 0.15) is 6.20 Å². The summed E-state index contributed by atoms with van der Waals surface area (Å²) in [7, 11) is 1.51. The molecule has 7 heteroatoms. The van der Waals surface area contributed by atoms with Crippen LogP contribution in [0, 0.1) is 0 Å². The summed E-state index contributed by atoms with van der Waals surface area (Å²) in [4.78, 5) is 5.30. The van der Waals surface area contributed by atoms with Gasteiger partial charge in [0, 0.05) is 0 Å². The van der Waals surface area contributed by atoms with Crippen molar-refractivity contribution in [3.05, 3.63) is 23.5 Å². The van der Waals surface area contributed by atoms with Crippen molar-refractivity contribution in [3.8, 4) is 11.7 Å². The molecule has 0 aliphatic rings. The summed E-state index contributed by atoms with van der Waals surface area (Å²) in [5, 5.41) is 8.31. The molecule has 2 N–H and O–H groups in total. The molecule has 15 heavy (non-hydrogen) atoms. The van der Waals surface area contributed by atoms with E-state index in [1.54, 1.807) is 6.07 Å². The lowest BCUT2D eigenvalue weighted by Crippen LogP contribution is -2.03. The van der Waals surface area contributed by atoms with E-state index in [1.807, 2.05) is 0 Å². The lowest BCUT2D eigenvalue weighted by Gasteiger charge is -2.01. The maximum absolute atomic E-state index is 5.93. The van der Waals surface area contributed by atoms with E-state index in [-0.39, 0.29) is 0 Å². The molecule has 0 saturated heterocycles. The number of rotatable bonds is 2.